The Hall–Kier alpha value is -4.15. The summed E-state index contributed by atoms with van der Waals surface area (Å²) >= 11 is 6.25. The van der Waals surface area contributed by atoms with Crippen LogP contribution in [-0.2, 0) is 9.59 Å². The molecule has 6 nitrogen and oxygen atoms in total. The molecule has 0 heterocycles. The van der Waals surface area contributed by atoms with Gasteiger partial charge in [-0.05, 0) is 79.1 Å². The number of carbonyl (C=O) groups is 2. The van der Waals surface area contributed by atoms with Crippen LogP contribution in [0.25, 0.3) is 6.08 Å². The summed E-state index contributed by atoms with van der Waals surface area (Å²) in [4.78, 5) is 24.6. The second-order valence-corrected chi connectivity index (χ2v) is 7.81. The molecule has 3 aromatic carbocycles. The fourth-order valence-electron chi connectivity index (χ4n) is 2.99. The summed E-state index contributed by atoms with van der Waals surface area (Å²) in [5, 5.41) is 15.0. The van der Waals surface area contributed by atoms with Crippen molar-refractivity contribution in [2.24, 2.45) is 0 Å². The van der Waals surface area contributed by atoms with Crippen molar-refractivity contribution in [1.82, 2.24) is 0 Å². The van der Waals surface area contributed by atoms with E-state index in [2.05, 4.69) is 10.6 Å². The molecule has 0 aromatic heterocycles. The topological polar surface area (TPSA) is 91.2 Å². The molecule has 0 bridgehead atoms. The number of nitriles is 1. The molecule has 0 aliphatic rings. The first-order valence-corrected chi connectivity index (χ1v) is 10.6. The molecular formula is C26H21ClFN3O3. The van der Waals surface area contributed by atoms with Gasteiger partial charge in [-0.15, -0.1) is 0 Å². The van der Waals surface area contributed by atoms with E-state index in [1.54, 1.807) is 12.1 Å². The van der Waals surface area contributed by atoms with Gasteiger partial charge in [-0.2, -0.15) is 5.26 Å². The molecule has 0 atom stereocenters. The fourth-order valence-corrected chi connectivity index (χ4v) is 3.23. The van der Waals surface area contributed by atoms with Crippen LogP contribution in [-0.4, -0.2) is 18.4 Å². The summed E-state index contributed by atoms with van der Waals surface area (Å²) in [7, 11) is 0. The molecule has 0 fully saturated rings. The molecule has 0 saturated carbocycles. The zero-order chi connectivity index (χ0) is 24.7. The quantitative estimate of drug-likeness (QED) is 0.339. The van der Waals surface area contributed by atoms with Crippen molar-refractivity contribution in [2.75, 3.05) is 17.2 Å². The number of hydrogen-bond acceptors (Lipinski definition) is 4. The summed E-state index contributed by atoms with van der Waals surface area (Å²) in [5.74, 6) is -1.13. The predicted octanol–water partition coefficient (Wildman–Crippen LogP) is 5.66. The maximum atomic E-state index is 12.9. The van der Waals surface area contributed by atoms with Crippen LogP contribution in [0.3, 0.4) is 0 Å². The van der Waals surface area contributed by atoms with Gasteiger partial charge in [0.25, 0.3) is 11.8 Å². The molecule has 2 amide bonds. The third kappa shape index (κ3) is 6.44. The number of hydrogen-bond donors (Lipinski definition) is 2. The lowest BCUT2D eigenvalue weighted by molar-refractivity contribution is -0.118. The van der Waals surface area contributed by atoms with Crippen LogP contribution in [0.5, 0.6) is 5.75 Å². The van der Waals surface area contributed by atoms with Crippen molar-refractivity contribution in [3.63, 3.8) is 0 Å². The summed E-state index contributed by atoms with van der Waals surface area (Å²) in [6, 6.07) is 17.4. The van der Waals surface area contributed by atoms with E-state index in [9.17, 15) is 19.2 Å². The maximum Gasteiger partial charge on any atom is 0.266 e. The molecule has 0 radical (unpaired) electrons. The molecule has 0 aliphatic carbocycles. The number of nitrogens with zero attached hydrogens (tertiary/aromatic N) is 1. The van der Waals surface area contributed by atoms with Crippen molar-refractivity contribution < 1.29 is 18.7 Å². The van der Waals surface area contributed by atoms with Crippen LogP contribution in [0.2, 0.25) is 5.02 Å². The molecule has 3 rings (SSSR count). The van der Waals surface area contributed by atoms with Gasteiger partial charge < -0.3 is 15.4 Å². The Bertz CT molecular complexity index is 1300. The van der Waals surface area contributed by atoms with Gasteiger partial charge in [0.1, 0.15) is 23.2 Å². The SMILES string of the molecule is Cc1cccc(NC(=O)C(C#N)=Cc2ccc(OCC(=O)Nc3ccc(F)cc3)c(Cl)c2)c1C. The van der Waals surface area contributed by atoms with E-state index < -0.39 is 17.6 Å². The molecule has 0 aliphatic heterocycles. The Morgan fingerprint density at radius 2 is 1.82 bits per heavy atom. The standard InChI is InChI=1S/C26H21ClFN3O3/c1-16-4-3-5-23(17(16)2)31-26(33)19(14-29)12-18-6-11-24(22(27)13-18)34-15-25(32)30-21-9-7-20(28)8-10-21/h3-13H,15H2,1-2H3,(H,30,32)(H,31,33). The highest BCUT2D eigenvalue weighted by Crippen LogP contribution is 2.27. The van der Waals surface area contributed by atoms with Gasteiger partial charge in [-0.25, -0.2) is 4.39 Å². The Balaban J connectivity index is 1.65. The van der Waals surface area contributed by atoms with E-state index in [0.717, 1.165) is 11.1 Å². The maximum absolute atomic E-state index is 12.9. The highest BCUT2D eigenvalue weighted by molar-refractivity contribution is 6.32. The number of ether oxygens (including phenoxy) is 1. The molecule has 0 spiro atoms. The summed E-state index contributed by atoms with van der Waals surface area (Å²) in [6.07, 6.45) is 1.41. The molecule has 2 N–H and O–H groups in total. The zero-order valence-electron chi connectivity index (χ0n) is 18.5. The number of halogens is 2. The van der Waals surface area contributed by atoms with Gasteiger partial charge in [0.05, 0.1) is 5.02 Å². The number of benzene rings is 3. The van der Waals surface area contributed by atoms with Crippen LogP contribution >= 0.6 is 11.6 Å². The number of aryl methyl sites for hydroxylation is 1. The average molecular weight is 478 g/mol. The average Bonchev–Trinajstić information content (AvgIpc) is 2.81. The highest BCUT2D eigenvalue weighted by atomic mass is 35.5. The Morgan fingerprint density at radius 1 is 1.09 bits per heavy atom. The van der Waals surface area contributed by atoms with Gasteiger partial charge in [0.15, 0.2) is 6.61 Å². The zero-order valence-corrected chi connectivity index (χ0v) is 19.2. The predicted molar refractivity (Wildman–Crippen MR) is 130 cm³/mol. The van der Waals surface area contributed by atoms with Crippen LogP contribution < -0.4 is 15.4 Å². The minimum absolute atomic E-state index is 0.0932. The van der Waals surface area contributed by atoms with Gasteiger partial charge in [0, 0.05) is 11.4 Å². The van der Waals surface area contributed by atoms with Crippen molar-refractivity contribution in [1.29, 1.82) is 5.26 Å². The lowest BCUT2D eigenvalue weighted by Gasteiger charge is -2.10. The second kappa shape index (κ2) is 11.1. The van der Waals surface area contributed by atoms with Gasteiger partial charge >= 0.3 is 0 Å². The van der Waals surface area contributed by atoms with E-state index in [1.807, 2.05) is 32.0 Å². The first-order valence-electron chi connectivity index (χ1n) is 10.2. The summed E-state index contributed by atoms with van der Waals surface area (Å²) < 4.78 is 18.4. The van der Waals surface area contributed by atoms with Gasteiger partial charge in [0.2, 0.25) is 0 Å². The van der Waals surface area contributed by atoms with Crippen LogP contribution in [0.4, 0.5) is 15.8 Å². The van der Waals surface area contributed by atoms with E-state index in [4.69, 9.17) is 16.3 Å². The largest absolute Gasteiger partial charge is 0.482 e. The van der Waals surface area contributed by atoms with Gasteiger partial charge in [-0.1, -0.05) is 29.8 Å². The number of nitrogens with one attached hydrogen (secondary N) is 2. The molecule has 8 heteroatoms. The van der Waals surface area contributed by atoms with Crippen molar-refractivity contribution in [2.45, 2.75) is 13.8 Å². The summed E-state index contributed by atoms with van der Waals surface area (Å²) in [6.45, 7) is 3.51. The third-order valence-corrected chi connectivity index (χ3v) is 5.27. The third-order valence-electron chi connectivity index (χ3n) is 4.97. The smallest absolute Gasteiger partial charge is 0.266 e. The molecule has 34 heavy (non-hydrogen) atoms. The normalized spacial score (nSPS) is 10.9. The molecule has 0 unspecified atom stereocenters. The Labute approximate surface area is 201 Å². The number of rotatable bonds is 7. The van der Waals surface area contributed by atoms with Crippen LogP contribution in [0.15, 0.2) is 66.2 Å². The Kier molecular flexibility index (Phi) is 8.01. The minimum Gasteiger partial charge on any atom is -0.482 e. The summed E-state index contributed by atoms with van der Waals surface area (Å²) in [5.41, 5.74) is 3.43. The first-order chi connectivity index (χ1) is 16.3. The first kappa shape index (κ1) is 24.5. The fraction of sp³-hybridized carbons (Fsp3) is 0.115. The van der Waals surface area contributed by atoms with E-state index in [0.29, 0.717) is 16.9 Å². The van der Waals surface area contributed by atoms with Crippen LogP contribution in [0, 0.1) is 31.0 Å². The van der Waals surface area contributed by atoms with Crippen molar-refractivity contribution in [3.05, 3.63) is 93.8 Å². The molecule has 0 saturated heterocycles. The number of anilines is 2. The monoisotopic (exact) mass is 477 g/mol. The number of amides is 2. The lowest BCUT2D eigenvalue weighted by Crippen LogP contribution is -2.20. The van der Waals surface area contributed by atoms with E-state index in [-0.39, 0.29) is 23.0 Å². The van der Waals surface area contributed by atoms with Crippen molar-refractivity contribution in [3.8, 4) is 11.8 Å². The minimum atomic E-state index is -0.537. The molecular weight excluding hydrogens is 457 g/mol. The second-order valence-electron chi connectivity index (χ2n) is 7.41. The highest BCUT2D eigenvalue weighted by Gasteiger charge is 2.13. The lowest BCUT2D eigenvalue weighted by atomic mass is 10.1. The van der Waals surface area contributed by atoms with Gasteiger partial charge in [-0.3, -0.25) is 9.59 Å². The van der Waals surface area contributed by atoms with Crippen LogP contribution in [0.1, 0.15) is 16.7 Å². The number of carbonyl (C=O) groups excluding carboxylic acids is 2. The van der Waals surface area contributed by atoms with Crippen molar-refractivity contribution >= 4 is 40.9 Å². The molecule has 172 valence electrons. The van der Waals surface area contributed by atoms with E-state index in [1.165, 1.54) is 42.5 Å². The Morgan fingerprint density at radius 3 is 2.50 bits per heavy atom. The van der Waals surface area contributed by atoms with E-state index >= 15 is 0 Å². The molecule has 3 aromatic rings.